The van der Waals surface area contributed by atoms with Gasteiger partial charge in [0.1, 0.15) is 17.8 Å². The zero-order valence-electron chi connectivity index (χ0n) is 27.0. The van der Waals surface area contributed by atoms with Crippen LogP contribution in [0.15, 0.2) is 36.7 Å². The average Bonchev–Trinajstić information content (AvgIpc) is 3.54. The Morgan fingerprint density at radius 1 is 1.14 bits per heavy atom. The number of primary amides is 1. The van der Waals surface area contributed by atoms with Gasteiger partial charge >= 0.3 is 12.1 Å². The number of anilines is 1. The zero-order valence-corrected chi connectivity index (χ0v) is 27.8. The molecule has 0 radical (unpaired) electrons. The third-order valence-electron chi connectivity index (χ3n) is 8.33. The first kappa shape index (κ1) is 35.0. The predicted octanol–water partition coefficient (Wildman–Crippen LogP) is 5.44. The maximum absolute atomic E-state index is 16.1. The van der Waals surface area contributed by atoms with Gasteiger partial charge in [0.25, 0.3) is 5.91 Å². The maximum atomic E-state index is 16.1. The minimum absolute atomic E-state index is 0.0268. The maximum Gasteiger partial charge on any atom is 0.417 e. The molecule has 6 rings (SSSR count). The Kier molecular flexibility index (Phi) is 8.95. The van der Waals surface area contributed by atoms with Crippen LogP contribution in [0, 0.1) is 5.82 Å². The van der Waals surface area contributed by atoms with Gasteiger partial charge in [-0.25, -0.2) is 18.4 Å². The summed E-state index contributed by atoms with van der Waals surface area (Å²) in [6.45, 7) is 4.95. The summed E-state index contributed by atoms with van der Waals surface area (Å²) >= 11 is 6.23. The Labute approximate surface area is 287 Å². The van der Waals surface area contributed by atoms with Gasteiger partial charge in [0.15, 0.2) is 17.3 Å². The highest BCUT2D eigenvalue weighted by molar-refractivity contribution is 6.33. The van der Waals surface area contributed by atoms with Gasteiger partial charge in [0.05, 0.1) is 53.1 Å². The summed E-state index contributed by atoms with van der Waals surface area (Å²) in [6.07, 6.45) is -4.27. The van der Waals surface area contributed by atoms with Gasteiger partial charge in [0.2, 0.25) is 5.91 Å². The quantitative estimate of drug-likeness (QED) is 0.178. The van der Waals surface area contributed by atoms with Crippen LogP contribution in [0.5, 0.6) is 0 Å². The lowest BCUT2D eigenvalue weighted by Gasteiger charge is -2.35. The molecular formula is C33H31ClF5N7O4. The van der Waals surface area contributed by atoms with Crippen LogP contribution in [0.1, 0.15) is 60.7 Å². The van der Waals surface area contributed by atoms with Crippen LogP contribution in [-0.2, 0) is 33.6 Å². The number of esters is 1. The van der Waals surface area contributed by atoms with Crippen molar-refractivity contribution in [2.24, 2.45) is 5.73 Å². The van der Waals surface area contributed by atoms with E-state index in [4.69, 9.17) is 22.1 Å². The Bertz CT molecular complexity index is 2020. The molecule has 1 atom stereocenters. The minimum Gasteiger partial charge on any atom is -0.460 e. The van der Waals surface area contributed by atoms with Crippen molar-refractivity contribution in [1.29, 1.82) is 0 Å². The number of amides is 2. The molecule has 1 aromatic carbocycles. The van der Waals surface area contributed by atoms with Gasteiger partial charge in [-0.3, -0.25) is 19.4 Å². The third-order valence-corrected chi connectivity index (χ3v) is 8.62. The molecular weight excluding hydrogens is 689 g/mol. The van der Waals surface area contributed by atoms with Crippen molar-refractivity contribution in [3.05, 3.63) is 69.8 Å². The summed E-state index contributed by atoms with van der Waals surface area (Å²) in [6, 6.07) is 4.57. The molecule has 5 heterocycles. The number of hydrogen-bond donors (Lipinski definition) is 1. The van der Waals surface area contributed by atoms with Crippen LogP contribution in [0.3, 0.4) is 0 Å². The number of halogens is 6. The van der Waals surface area contributed by atoms with Crippen LogP contribution in [-0.4, -0.2) is 73.3 Å². The molecule has 2 N–H and O–H groups in total. The molecule has 11 nitrogen and oxygen atoms in total. The number of carbonyl (C=O) groups excluding carboxylic acids is 3. The summed E-state index contributed by atoms with van der Waals surface area (Å²) in [5, 5.41) is 4.02. The zero-order chi connectivity index (χ0) is 36.3. The molecule has 50 heavy (non-hydrogen) atoms. The number of carbonyl (C=O) groups is 3. The number of alkyl halides is 4. The lowest BCUT2D eigenvalue weighted by Crippen LogP contribution is -2.49. The second-order valence-corrected chi connectivity index (χ2v) is 13.6. The van der Waals surface area contributed by atoms with Crippen LogP contribution in [0.25, 0.3) is 22.3 Å². The fourth-order valence-electron chi connectivity index (χ4n) is 6.00. The first-order valence-electron chi connectivity index (χ1n) is 15.5. The highest BCUT2D eigenvalue weighted by Crippen LogP contribution is 2.41. The molecule has 2 amide bonds. The standard InChI is InChI=1S/C33H31ClF5N7O4/c1-32(2,3)50-24(47)7-6-23(28(40)48)45-13-17-8-16(4-5-20(17)31(45)49)12-46-29-21(11-42-46)25(26(36)30(43-29)44-14-19(35)15-44)27-22(34)9-18(10-41-27)33(37,38)39/h4-5,8-11,19,23H,6-7,12-15H2,1-3H3,(H2,40,48)/t23-/m0/s1. The van der Waals surface area contributed by atoms with Crippen molar-refractivity contribution in [2.75, 3.05) is 18.0 Å². The summed E-state index contributed by atoms with van der Waals surface area (Å²) in [4.78, 5) is 48.9. The fraction of sp³-hybridized carbons (Fsp3) is 0.394. The second-order valence-electron chi connectivity index (χ2n) is 13.2. The topological polar surface area (TPSA) is 137 Å². The highest BCUT2D eigenvalue weighted by Gasteiger charge is 2.37. The Hall–Kier alpha value is -4.86. The lowest BCUT2D eigenvalue weighted by atomic mass is 10.1. The summed E-state index contributed by atoms with van der Waals surface area (Å²) in [5.41, 5.74) is 4.99. The van der Waals surface area contributed by atoms with E-state index in [1.165, 1.54) is 20.7 Å². The predicted molar refractivity (Wildman–Crippen MR) is 171 cm³/mol. The van der Waals surface area contributed by atoms with E-state index in [1.54, 1.807) is 39.0 Å². The number of hydrogen-bond acceptors (Lipinski definition) is 8. The van der Waals surface area contributed by atoms with Crippen molar-refractivity contribution in [2.45, 2.75) is 70.7 Å². The first-order valence-corrected chi connectivity index (χ1v) is 15.9. The number of pyridine rings is 2. The molecule has 0 spiro atoms. The smallest absolute Gasteiger partial charge is 0.417 e. The van der Waals surface area contributed by atoms with Crippen molar-refractivity contribution >= 4 is 46.2 Å². The van der Waals surface area contributed by atoms with E-state index in [0.717, 1.165) is 0 Å². The molecule has 2 aliphatic rings. The molecule has 264 valence electrons. The van der Waals surface area contributed by atoms with E-state index in [9.17, 15) is 31.9 Å². The fourth-order valence-corrected chi connectivity index (χ4v) is 6.26. The van der Waals surface area contributed by atoms with Crippen LogP contribution in [0.4, 0.5) is 27.8 Å². The largest absolute Gasteiger partial charge is 0.460 e. The number of fused-ring (bicyclic) bond motifs is 2. The normalized spacial score (nSPS) is 15.7. The summed E-state index contributed by atoms with van der Waals surface area (Å²) in [7, 11) is 0. The molecule has 1 fully saturated rings. The van der Waals surface area contributed by atoms with Crippen molar-refractivity contribution in [3.8, 4) is 11.3 Å². The van der Waals surface area contributed by atoms with Crippen LogP contribution < -0.4 is 10.6 Å². The Morgan fingerprint density at radius 2 is 1.86 bits per heavy atom. The Balaban J connectivity index is 1.31. The number of nitrogens with two attached hydrogens (primary N) is 1. The lowest BCUT2D eigenvalue weighted by molar-refractivity contribution is -0.155. The highest BCUT2D eigenvalue weighted by atomic mass is 35.5. The molecule has 0 bridgehead atoms. The van der Waals surface area contributed by atoms with E-state index in [2.05, 4.69) is 15.1 Å². The Morgan fingerprint density at radius 3 is 2.48 bits per heavy atom. The summed E-state index contributed by atoms with van der Waals surface area (Å²) < 4.78 is 76.6. The third kappa shape index (κ3) is 6.80. The van der Waals surface area contributed by atoms with Gasteiger partial charge in [-0.1, -0.05) is 23.7 Å². The number of rotatable bonds is 9. The minimum atomic E-state index is -4.73. The molecule has 17 heteroatoms. The SMILES string of the molecule is CC(C)(C)OC(=O)CC[C@@H](C(N)=O)N1Cc2cc(Cn3ncc4c(-c5ncc(C(F)(F)F)cc5Cl)c(F)c(N5CC(F)C5)nc43)ccc2C1=O. The van der Waals surface area contributed by atoms with Crippen LogP contribution >= 0.6 is 11.6 Å². The van der Waals surface area contributed by atoms with E-state index in [0.29, 0.717) is 29.0 Å². The number of ether oxygens (including phenoxy) is 1. The van der Waals surface area contributed by atoms with Crippen molar-refractivity contribution in [3.63, 3.8) is 0 Å². The van der Waals surface area contributed by atoms with E-state index in [1.807, 2.05) is 0 Å². The van der Waals surface area contributed by atoms with Crippen molar-refractivity contribution < 1.29 is 41.1 Å². The van der Waals surface area contributed by atoms with Gasteiger partial charge in [0, 0.05) is 24.7 Å². The van der Waals surface area contributed by atoms with Gasteiger partial charge in [-0.15, -0.1) is 0 Å². The molecule has 4 aromatic rings. The van der Waals surface area contributed by atoms with E-state index >= 15 is 4.39 Å². The average molecular weight is 720 g/mol. The number of aromatic nitrogens is 4. The van der Waals surface area contributed by atoms with Gasteiger partial charge in [-0.05, 0) is 50.5 Å². The molecule has 2 aliphatic heterocycles. The van der Waals surface area contributed by atoms with E-state index in [-0.39, 0.29) is 67.1 Å². The molecule has 0 aliphatic carbocycles. The molecule has 3 aromatic heterocycles. The molecule has 0 saturated carbocycles. The summed E-state index contributed by atoms with van der Waals surface area (Å²) in [5.74, 6) is -2.91. The first-order chi connectivity index (χ1) is 23.4. The van der Waals surface area contributed by atoms with E-state index < -0.39 is 58.2 Å². The second kappa shape index (κ2) is 12.8. The monoisotopic (exact) mass is 719 g/mol. The number of nitrogens with zero attached hydrogens (tertiary/aromatic N) is 6. The number of benzene rings is 1. The molecule has 0 unspecified atom stereocenters. The van der Waals surface area contributed by atoms with Gasteiger partial charge < -0.3 is 20.3 Å². The van der Waals surface area contributed by atoms with Crippen molar-refractivity contribution in [1.82, 2.24) is 24.6 Å². The van der Waals surface area contributed by atoms with Gasteiger partial charge in [-0.2, -0.15) is 18.3 Å². The molecule has 1 saturated heterocycles. The van der Waals surface area contributed by atoms with Crippen LogP contribution in [0.2, 0.25) is 5.02 Å².